The lowest BCUT2D eigenvalue weighted by atomic mass is 10.3. The molecule has 2 aromatic rings. The van der Waals surface area contributed by atoms with Crippen molar-refractivity contribution in [2.24, 2.45) is 5.92 Å². The monoisotopic (exact) mass is 249 g/mol. The van der Waals surface area contributed by atoms with Crippen LogP contribution in [0.4, 0.5) is 0 Å². The van der Waals surface area contributed by atoms with Gasteiger partial charge in [0.2, 0.25) is 0 Å². The van der Waals surface area contributed by atoms with Crippen molar-refractivity contribution >= 4 is 22.8 Å². The maximum absolute atomic E-state index is 5.86. The molecular formula is C13H16ClN3. The summed E-state index contributed by atoms with van der Waals surface area (Å²) < 4.78 is 2.30. The summed E-state index contributed by atoms with van der Waals surface area (Å²) in [5.74, 6) is 2.44. The minimum Gasteiger partial charge on any atom is -0.309 e. The first kappa shape index (κ1) is 11.0. The Morgan fingerprint density at radius 3 is 2.94 bits per heavy atom. The van der Waals surface area contributed by atoms with Gasteiger partial charge in [0.1, 0.15) is 11.3 Å². The molecule has 1 aliphatic carbocycles. The Bertz CT molecular complexity index is 561. The maximum atomic E-state index is 5.86. The molecule has 1 fully saturated rings. The van der Waals surface area contributed by atoms with Crippen LogP contribution in [0.3, 0.4) is 0 Å². The van der Waals surface area contributed by atoms with Gasteiger partial charge < -0.3 is 4.57 Å². The van der Waals surface area contributed by atoms with Crippen LogP contribution in [0, 0.1) is 12.8 Å². The summed E-state index contributed by atoms with van der Waals surface area (Å²) in [7, 11) is 0. The van der Waals surface area contributed by atoms with Gasteiger partial charge in [-0.1, -0.05) is 6.92 Å². The molecule has 0 aliphatic heterocycles. The number of imidazole rings is 1. The van der Waals surface area contributed by atoms with E-state index in [1.54, 1.807) is 0 Å². The largest absolute Gasteiger partial charge is 0.309 e. The minimum absolute atomic E-state index is 0.576. The normalized spacial score (nSPS) is 23.2. The van der Waals surface area contributed by atoms with Crippen LogP contribution in [0.15, 0.2) is 12.3 Å². The number of rotatable bonds is 3. The first-order valence-corrected chi connectivity index (χ1v) is 6.64. The molecule has 3 nitrogen and oxygen atoms in total. The van der Waals surface area contributed by atoms with E-state index in [1.807, 2.05) is 12.3 Å². The molecule has 0 spiro atoms. The number of hydrogen-bond donors (Lipinski definition) is 0. The van der Waals surface area contributed by atoms with E-state index in [1.165, 1.54) is 12.0 Å². The molecule has 0 saturated heterocycles. The second-order valence-corrected chi connectivity index (χ2v) is 5.30. The Kier molecular flexibility index (Phi) is 2.58. The van der Waals surface area contributed by atoms with E-state index in [2.05, 4.69) is 23.4 Å². The van der Waals surface area contributed by atoms with E-state index < -0.39 is 0 Å². The lowest BCUT2D eigenvalue weighted by Crippen LogP contribution is -2.04. The molecule has 2 aromatic heterocycles. The summed E-state index contributed by atoms with van der Waals surface area (Å²) in [4.78, 5) is 9.21. The zero-order valence-electron chi connectivity index (χ0n) is 10.2. The van der Waals surface area contributed by atoms with Gasteiger partial charge in [-0.3, -0.25) is 0 Å². The molecule has 0 radical (unpaired) electrons. The number of aryl methyl sites for hydroxylation is 2. The molecular weight excluding hydrogens is 234 g/mol. The van der Waals surface area contributed by atoms with Crippen LogP contribution in [0.1, 0.15) is 30.8 Å². The topological polar surface area (TPSA) is 30.7 Å². The van der Waals surface area contributed by atoms with Crippen molar-refractivity contribution in [1.29, 1.82) is 0 Å². The predicted molar refractivity (Wildman–Crippen MR) is 69.5 cm³/mol. The summed E-state index contributed by atoms with van der Waals surface area (Å²) in [6.45, 7) is 4.36. The molecule has 0 amide bonds. The van der Waals surface area contributed by atoms with Gasteiger partial charge in [0.15, 0.2) is 5.65 Å². The van der Waals surface area contributed by atoms with Gasteiger partial charge >= 0.3 is 0 Å². The lowest BCUT2D eigenvalue weighted by molar-refractivity contribution is 0.660. The van der Waals surface area contributed by atoms with E-state index in [9.17, 15) is 0 Å². The van der Waals surface area contributed by atoms with Crippen molar-refractivity contribution in [3.05, 3.63) is 23.7 Å². The quantitative estimate of drug-likeness (QED) is 0.783. The van der Waals surface area contributed by atoms with E-state index in [0.29, 0.717) is 11.9 Å². The molecule has 0 aromatic carbocycles. The summed E-state index contributed by atoms with van der Waals surface area (Å²) >= 11 is 5.86. The number of hydrogen-bond acceptors (Lipinski definition) is 2. The Balaban J connectivity index is 2.20. The SMILES string of the molecule is Cc1ccnc2c1nc(CCCl)n2C1CC1C. The van der Waals surface area contributed by atoms with Crippen LogP contribution in [-0.2, 0) is 6.42 Å². The van der Waals surface area contributed by atoms with Gasteiger partial charge in [-0.05, 0) is 30.9 Å². The fraction of sp³-hybridized carbons (Fsp3) is 0.538. The average molecular weight is 250 g/mol. The highest BCUT2D eigenvalue weighted by molar-refractivity contribution is 6.17. The average Bonchev–Trinajstić information content (AvgIpc) is 2.89. The second kappa shape index (κ2) is 3.98. The lowest BCUT2D eigenvalue weighted by Gasteiger charge is -2.06. The molecule has 2 atom stereocenters. The number of fused-ring (bicyclic) bond motifs is 1. The molecule has 3 rings (SSSR count). The van der Waals surface area contributed by atoms with Gasteiger partial charge in [0.05, 0.1) is 0 Å². The standard InChI is InChI=1S/C13H16ClN3/c1-8-4-6-15-13-12(8)16-11(3-5-14)17(13)10-7-9(10)2/h4,6,9-10H,3,5,7H2,1-2H3. The zero-order chi connectivity index (χ0) is 12.0. The predicted octanol–water partition coefficient (Wildman–Crippen LogP) is 3.10. The Hall–Kier alpha value is -1.09. The van der Waals surface area contributed by atoms with Gasteiger partial charge in [-0.15, -0.1) is 11.6 Å². The van der Waals surface area contributed by atoms with Crippen molar-refractivity contribution in [2.45, 2.75) is 32.7 Å². The number of pyridine rings is 1. The number of nitrogens with zero attached hydrogens (tertiary/aromatic N) is 3. The van der Waals surface area contributed by atoms with Crippen LogP contribution < -0.4 is 0 Å². The molecule has 2 unspecified atom stereocenters. The summed E-state index contributed by atoms with van der Waals surface area (Å²) in [6, 6.07) is 2.59. The minimum atomic E-state index is 0.576. The van der Waals surface area contributed by atoms with E-state index in [-0.39, 0.29) is 0 Å². The number of aromatic nitrogens is 3. The van der Waals surface area contributed by atoms with Crippen LogP contribution in [0.25, 0.3) is 11.2 Å². The Morgan fingerprint density at radius 2 is 2.29 bits per heavy atom. The van der Waals surface area contributed by atoms with Gasteiger partial charge in [-0.2, -0.15) is 0 Å². The van der Waals surface area contributed by atoms with Gasteiger partial charge in [-0.25, -0.2) is 9.97 Å². The van der Waals surface area contributed by atoms with Gasteiger partial charge in [0, 0.05) is 24.5 Å². The Labute approximate surface area is 106 Å². The highest BCUT2D eigenvalue weighted by Crippen LogP contribution is 2.45. The molecule has 90 valence electrons. The van der Waals surface area contributed by atoms with E-state index in [0.717, 1.165) is 29.3 Å². The molecule has 0 N–H and O–H groups in total. The highest BCUT2D eigenvalue weighted by Gasteiger charge is 2.37. The van der Waals surface area contributed by atoms with Crippen LogP contribution >= 0.6 is 11.6 Å². The third-order valence-corrected chi connectivity index (χ3v) is 3.76. The van der Waals surface area contributed by atoms with Crippen molar-refractivity contribution in [3.8, 4) is 0 Å². The molecule has 0 bridgehead atoms. The fourth-order valence-corrected chi connectivity index (χ4v) is 2.60. The fourth-order valence-electron chi connectivity index (χ4n) is 2.43. The van der Waals surface area contributed by atoms with Crippen LogP contribution in [0.5, 0.6) is 0 Å². The molecule has 17 heavy (non-hydrogen) atoms. The third-order valence-electron chi connectivity index (χ3n) is 3.57. The summed E-state index contributed by atoms with van der Waals surface area (Å²) in [5, 5.41) is 0. The molecule has 1 saturated carbocycles. The van der Waals surface area contributed by atoms with E-state index >= 15 is 0 Å². The second-order valence-electron chi connectivity index (χ2n) is 4.92. The third kappa shape index (κ3) is 1.73. The highest BCUT2D eigenvalue weighted by atomic mass is 35.5. The summed E-state index contributed by atoms with van der Waals surface area (Å²) in [6.07, 6.45) is 3.92. The van der Waals surface area contributed by atoms with Crippen LogP contribution in [0.2, 0.25) is 0 Å². The van der Waals surface area contributed by atoms with Crippen LogP contribution in [-0.4, -0.2) is 20.4 Å². The van der Waals surface area contributed by atoms with Gasteiger partial charge in [0.25, 0.3) is 0 Å². The van der Waals surface area contributed by atoms with Crippen molar-refractivity contribution < 1.29 is 0 Å². The van der Waals surface area contributed by atoms with Crippen molar-refractivity contribution in [1.82, 2.24) is 14.5 Å². The maximum Gasteiger partial charge on any atom is 0.160 e. The van der Waals surface area contributed by atoms with Crippen molar-refractivity contribution in [3.63, 3.8) is 0 Å². The number of alkyl halides is 1. The smallest absolute Gasteiger partial charge is 0.160 e. The first-order valence-electron chi connectivity index (χ1n) is 6.10. The summed E-state index contributed by atoms with van der Waals surface area (Å²) in [5.41, 5.74) is 3.25. The Morgan fingerprint density at radius 1 is 1.53 bits per heavy atom. The van der Waals surface area contributed by atoms with E-state index in [4.69, 9.17) is 16.6 Å². The first-order chi connectivity index (χ1) is 8.22. The zero-order valence-corrected chi connectivity index (χ0v) is 10.9. The number of halogens is 1. The molecule has 4 heteroatoms. The molecule has 2 heterocycles. The van der Waals surface area contributed by atoms with Crippen molar-refractivity contribution in [2.75, 3.05) is 5.88 Å². The molecule has 1 aliphatic rings.